The fourth-order valence-corrected chi connectivity index (χ4v) is 3.88. The highest BCUT2D eigenvalue weighted by molar-refractivity contribution is 5.80. The zero-order valence-corrected chi connectivity index (χ0v) is 13.7. The number of nitrogens with zero attached hydrogens (tertiary/aromatic N) is 1. The highest BCUT2D eigenvalue weighted by Crippen LogP contribution is 2.43. The van der Waals surface area contributed by atoms with Crippen molar-refractivity contribution in [2.24, 2.45) is 17.3 Å². The molecule has 0 aromatic carbocycles. The molecule has 2 unspecified atom stereocenters. The lowest BCUT2D eigenvalue weighted by Gasteiger charge is -2.34. The Morgan fingerprint density at radius 3 is 2.55 bits per heavy atom. The standard InChI is InChI=1S/C17H32N2O/c1-13(2)11-19(12-14-7-6-10-18-14)16(20)15-8-5-9-17(15,3)4/h13-15,18H,5-12H2,1-4H3. The number of amides is 1. The van der Waals surface area contributed by atoms with Crippen LogP contribution in [0.5, 0.6) is 0 Å². The SMILES string of the molecule is CC(C)CN(CC1CCCN1)C(=O)C1CCCC1(C)C. The Balaban J connectivity index is 2.02. The highest BCUT2D eigenvalue weighted by atomic mass is 16.2. The summed E-state index contributed by atoms with van der Waals surface area (Å²) < 4.78 is 0. The molecule has 1 aliphatic heterocycles. The first-order chi connectivity index (χ1) is 9.40. The minimum absolute atomic E-state index is 0.190. The first kappa shape index (κ1) is 15.8. The van der Waals surface area contributed by atoms with E-state index in [-0.39, 0.29) is 11.3 Å². The molecule has 1 aliphatic carbocycles. The van der Waals surface area contributed by atoms with Crippen LogP contribution in [0.2, 0.25) is 0 Å². The molecule has 0 radical (unpaired) electrons. The summed E-state index contributed by atoms with van der Waals surface area (Å²) in [4.78, 5) is 15.1. The maximum absolute atomic E-state index is 13.0. The molecule has 2 aliphatic rings. The van der Waals surface area contributed by atoms with Crippen LogP contribution in [0, 0.1) is 17.3 Å². The Labute approximate surface area is 124 Å². The van der Waals surface area contributed by atoms with E-state index in [4.69, 9.17) is 0 Å². The number of nitrogens with one attached hydrogen (secondary N) is 1. The Morgan fingerprint density at radius 1 is 1.30 bits per heavy atom. The van der Waals surface area contributed by atoms with E-state index in [2.05, 4.69) is 37.9 Å². The molecule has 2 rings (SSSR count). The van der Waals surface area contributed by atoms with Crippen LogP contribution in [-0.2, 0) is 4.79 Å². The van der Waals surface area contributed by atoms with Crippen molar-refractivity contribution in [2.75, 3.05) is 19.6 Å². The molecule has 20 heavy (non-hydrogen) atoms. The van der Waals surface area contributed by atoms with E-state index < -0.39 is 0 Å². The Morgan fingerprint density at radius 2 is 2.05 bits per heavy atom. The van der Waals surface area contributed by atoms with Crippen LogP contribution in [0.15, 0.2) is 0 Å². The summed E-state index contributed by atoms with van der Waals surface area (Å²) in [6.07, 6.45) is 5.96. The lowest BCUT2D eigenvalue weighted by molar-refractivity contribution is -0.139. The topological polar surface area (TPSA) is 32.3 Å². The largest absolute Gasteiger partial charge is 0.341 e. The second-order valence-electron chi connectivity index (χ2n) is 7.86. The number of rotatable bonds is 5. The number of hydrogen-bond donors (Lipinski definition) is 1. The summed E-state index contributed by atoms with van der Waals surface area (Å²) in [6, 6.07) is 0.516. The van der Waals surface area contributed by atoms with Gasteiger partial charge >= 0.3 is 0 Å². The molecule has 3 heteroatoms. The van der Waals surface area contributed by atoms with Crippen LogP contribution in [-0.4, -0.2) is 36.5 Å². The maximum atomic E-state index is 13.0. The molecular weight excluding hydrogens is 248 g/mol. The summed E-state index contributed by atoms with van der Waals surface area (Å²) in [6.45, 7) is 11.9. The van der Waals surface area contributed by atoms with Gasteiger partial charge < -0.3 is 10.2 Å². The Bertz CT molecular complexity index is 332. The summed E-state index contributed by atoms with van der Waals surface area (Å²) in [5.74, 6) is 1.20. The lowest BCUT2D eigenvalue weighted by atomic mass is 9.81. The smallest absolute Gasteiger partial charge is 0.226 e. The van der Waals surface area contributed by atoms with Gasteiger partial charge in [-0.25, -0.2) is 0 Å². The lowest BCUT2D eigenvalue weighted by Crippen LogP contribution is -2.47. The molecule has 0 aromatic rings. The second-order valence-corrected chi connectivity index (χ2v) is 7.86. The van der Waals surface area contributed by atoms with E-state index in [1.54, 1.807) is 0 Å². The van der Waals surface area contributed by atoms with Gasteiger partial charge in [-0.05, 0) is 43.6 Å². The highest BCUT2D eigenvalue weighted by Gasteiger charge is 2.41. The fraction of sp³-hybridized carbons (Fsp3) is 0.941. The molecule has 1 amide bonds. The third kappa shape index (κ3) is 3.75. The van der Waals surface area contributed by atoms with Crippen LogP contribution in [0.3, 0.4) is 0 Å². The predicted octanol–water partition coefficient (Wildman–Crippen LogP) is 3.05. The van der Waals surface area contributed by atoms with Crippen molar-refractivity contribution in [3.8, 4) is 0 Å². The van der Waals surface area contributed by atoms with Crippen molar-refractivity contribution in [2.45, 2.75) is 65.8 Å². The third-order valence-electron chi connectivity index (χ3n) is 5.06. The summed E-state index contributed by atoms with van der Waals surface area (Å²) >= 11 is 0. The molecule has 0 aromatic heterocycles. The normalized spacial score (nSPS) is 29.1. The van der Waals surface area contributed by atoms with Gasteiger partial charge in [0.2, 0.25) is 5.91 Å². The Kier molecular flexibility index (Phi) is 5.11. The van der Waals surface area contributed by atoms with Crippen molar-refractivity contribution in [1.82, 2.24) is 10.2 Å². The number of carbonyl (C=O) groups excluding carboxylic acids is 1. The molecule has 2 atom stereocenters. The first-order valence-corrected chi connectivity index (χ1v) is 8.42. The van der Waals surface area contributed by atoms with Gasteiger partial charge in [-0.1, -0.05) is 34.1 Å². The number of hydrogen-bond acceptors (Lipinski definition) is 2. The van der Waals surface area contributed by atoms with Gasteiger partial charge in [-0.15, -0.1) is 0 Å². The van der Waals surface area contributed by atoms with Gasteiger partial charge in [-0.3, -0.25) is 4.79 Å². The van der Waals surface area contributed by atoms with Crippen LogP contribution in [0.4, 0.5) is 0 Å². The van der Waals surface area contributed by atoms with Gasteiger partial charge in [0, 0.05) is 25.0 Å². The van der Waals surface area contributed by atoms with Crippen molar-refractivity contribution < 1.29 is 4.79 Å². The quantitative estimate of drug-likeness (QED) is 0.839. The van der Waals surface area contributed by atoms with Gasteiger partial charge in [0.15, 0.2) is 0 Å². The van der Waals surface area contributed by atoms with Crippen LogP contribution >= 0.6 is 0 Å². The molecule has 1 saturated carbocycles. The minimum atomic E-state index is 0.190. The molecule has 2 fully saturated rings. The predicted molar refractivity (Wildman–Crippen MR) is 83.6 cm³/mol. The Hall–Kier alpha value is -0.570. The second kappa shape index (κ2) is 6.46. The molecule has 0 bridgehead atoms. The molecule has 116 valence electrons. The molecule has 1 heterocycles. The van der Waals surface area contributed by atoms with Crippen molar-refractivity contribution >= 4 is 5.91 Å². The zero-order valence-electron chi connectivity index (χ0n) is 13.7. The molecule has 0 spiro atoms. The van der Waals surface area contributed by atoms with E-state index in [1.807, 2.05) is 0 Å². The van der Waals surface area contributed by atoms with Gasteiger partial charge in [0.25, 0.3) is 0 Å². The number of carbonyl (C=O) groups is 1. The monoisotopic (exact) mass is 280 g/mol. The molecular formula is C17H32N2O. The van der Waals surface area contributed by atoms with Crippen LogP contribution in [0.25, 0.3) is 0 Å². The average molecular weight is 280 g/mol. The van der Waals surface area contributed by atoms with E-state index in [0.717, 1.165) is 26.1 Å². The van der Waals surface area contributed by atoms with E-state index in [9.17, 15) is 4.79 Å². The minimum Gasteiger partial charge on any atom is -0.341 e. The van der Waals surface area contributed by atoms with Crippen LogP contribution in [0.1, 0.15) is 59.8 Å². The maximum Gasteiger partial charge on any atom is 0.226 e. The van der Waals surface area contributed by atoms with Crippen molar-refractivity contribution in [1.29, 1.82) is 0 Å². The van der Waals surface area contributed by atoms with Gasteiger partial charge in [0.1, 0.15) is 0 Å². The van der Waals surface area contributed by atoms with E-state index in [0.29, 0.717) is 17.9 Å². The van der Waals surface area contributed by atoms with Crippen molar-refractivity contribution in [3.63, 3.8) is 0 Å². The first-order valence-electron chi connectivity index (χ1n) is 8.42. The summed E-state index contributed by atoms with van der Waals surface area (Å²) in [5.41, 5.74) is 0.190. The van der Waals surface area contributed by atoms with Gasteiger partial charge in [0.05, 0.1) is 0 Å². The van der Waals surface area contributed by atoms with Crippen LogP contribution < -0.4 is 5.32 Å². The molecule has 1 N–H and O–H groups in total. The third-order valence-corrected chi connectivity index (χ3v) is 5.06. The summed E-state index contributed by atoms with van der Waals surface area (Å²) in [7, 11) is 0. The van der Waals surface area contributed by atoms with E-state index >= 15 is 0 Å². The van der Waals surface area contributed by atoms with Crippen molar-refractivity contribution in [3.05, 3.63) is 0 Å². The van der Waals surface area contributed by atoms with E-state index in [1.165, 1.54) is 25.7 Å². The fourth-order valence-electron chi connectivity index (χ4n) is 3.88. The zero-order chi connectivity index (χ0) is 14.8. The molecule has 1 saturated heterocycles. The average Bonchev–Trinajstić information content (AvgIpc) is 2.96. The van der Waals surface area contributed by atoms with Gasteiger partial charge in [-0.2, -0.15) is 0 Å². The summed E-state index contributed by atoms with van der Waals surface area (Å²) in [5, 5.41) is 3.53. The molecule has 3 nitrogen and oxygen atoms in total.